The first kappa shape index (κ1) is 18.5. The lowest BCUT2D eigenvalue weighted by atomic mass is 10.1. The summed E-state index contributed by atoms with van der Waals surface area (Å²) in [6.45, 7) is 3.10. The average molecular weight is 326 g/mol. The van der Waals surface area contributed by atoms with Gasteiger partial charge in [0.2, 0.25) is 11.8 Å². The highest BCUT2D eigenvalue weighted by molar-refractivity contribution is 5.85. The molecule has 1 aromatic rings. The van der Waals surface area contributed by atoms with Crippen molar-refractivity contribution < 1.29 is 9.59 Å². The van der Waals surface area contributed by atoms with Crippen LogP contribution < -0.4 is 11.1 Å². The van der Waals surface area contributed by atoms with Crippen LogP contribution in [0.15, 0.2) is 30.3 Å². The molecule has 2 rings (SSSR count). The number of carbonyl (C=O) groups is 2. The van der Waals surface area contributed by atoms with E-state index in [4.69, 9.17) is 5.73 Å². The molecule has 2 unspecified atom stereocenters. The fourth-order valence-electron chi connectivity index (χ4n) is 2.58. The Bertz CT molecular complexity index is 493. The Morgan fingerprint density at radius 1 is 1.36 bits per heavy atom. The van der Waals surface area contributed by atoms with Crippen molar-refractivity contribution in [2.45, 2.75) is 38.3 Å². The van der Waals surface area contributed by atoms with E-state index in [1.54, 1.807) is 6.92 Å². The zero-order valence-corrected chi connectivity index (χ0v) is 13.6. The number of likely N-dealkylation sites (tertiary alicyclic amines) is 1. The van der Waals surface area contributed by atoms with Gasteiger partial charge < -0.3 is 16.0 Å². The third-order valence-corrected chi connectivity index (χ3v) is 3.62. The number of nitrogens with one attached hydrogen (secondary N) is 1. The van der Waals surface area contributed by atoms with Crippen LogP contribution >= 0.6 is 12.4 Å². The van der Waals surface area contributed by atoms with Crippen LogP contribution in [0.25, 0.3) is 0 Å². The molecule has 122 valence electrons. The van der Waals surface area contributed by atoms with Gasteiger partial charge in [0, 0.05) is 32.0 Å². The maximum Gasteiger partial charge on any atom is 0.222 e. The van der Waals surface area contributed by atoms with Crippen LogP contribution in [0.1, 0.15) is 37.8 Å². The number of carbonyl (C=O) groups excluding carboxylic acids is 2. The summed E-state index contributed by atoms with van der Waals surface area (Å²) in [7, 11) is 0. The van der Waals surface area contributed by atoms with E-state index in [-0.39, 0.29) is 42.7 Å². The second-order valence-electron chi connectivity index (χ2n) is 5.66. The van der Waals surface area contributed by atoms with E-state index in [2.05, 4.69) is 5.32 Å². The van der Waals surface area contributed by atoms with Crippen LogP contribution in [0.4, 0.5) is 0 Å². The lowest BCUT2D eigenvalue weighted by Crippen LogP contribution is -2.40. The highest BCUT2D eigenvalue weighted by Crippen LogP contribution is 2.18. The maximum absolute atomic E-state index is 12.0. The Kier molecular flexibility index (Phi) is 7.35. The van der Waals surface area contributed by atoms with Gasteiger partial charge in [0.25, 0.3) is 0 Å². The summed E-state index contributed by atoms with van der Waals surface area (Å²) in [6.07, 6.45) is 1.79. The summed E-state index contributed by atoms with van der Waals surface area (Å²) in [4.78, 5) is 25.6. The van der Waals surface area contributed by atoms with Gasteiger partial charge in [-0.05, 0) is 18.9 Å². The summed E-state index contributed by atoms with van der Waals surface area (Å²) in [6, 6.07) is 9.40. The highest BCUT2D eigenvalue weighted by atomic mass is 35.5. The van der Waals surface area contributed by atoms with Gasteiger partial charge >= 0.3 is 0 Å². The van der Waals surface area contributed by atoms with Crippen LogP contribution in [0.5, 0.6) is 0 Å². The van der Waals surface area contributed by atoms with E-state index in [1.807, 2.05) is 35.2 Å². The van der Waals surface area contributed by atoms with Gasteiger partial charge in [0.1, 0.15) is 0 Å². The fourth-order valence-corrected chi connectivity index (χ4v) is 2.58. The highest BCUT2D eigenvalue weighted by Gasteiger charge is 2.25. The first-order chi connectivity index (χ1) is 10.1. The molecular weight excluding hydrogens is 302 g/mol. The summed E-state index contributed by atoms with van der Waals surface area (Å²) in [5, 5.41) is 3.00. The summed E-state index contributed by atoms with van der Waals surface area (Å²) < 4.78 is 0. The molecule has 0 spiro atoms. The minimum Gasteiger partial charge on any atom is -0.347 e. The Balaban J connectivity index is 0.00000242. The molecule has 22 heavy (non-hydrogen) atoms. The molecule has 5 nitrogen and oxygen atoms in total. The average Bonchev–Trinajstić information content (AvgIpc) is 2.84. The first-order valence-corrected chi connectivity index (χ1v) is 7.44. The second kappa shape index (κ2) is 8.76. The molecule has 1 aromatic carbocycles. The van der Waals surface area contributed by atoms with Crippen molar-refractivity contribution >= 4 is 24.2 Å². The van der Waals surface area contributed by atoms with Crippen molar-refractivity contribution in [1.29, 1.82) is 0 Å². The smallest absolute Gasteiger partial charge is 0.222 e. The molecule has 0 saturated carbocycles. The van der Waals surface area contributed by atoms with Crippen LogP contribution in [-0.4, -0.2) is 35.8 Å². The SMILES string of the molecule is CC(N)CC(=O)NC(CN1CCCC1=O)c1ccccc1.Cl. The fraction of sp³-hybridized carbons (Fsp3) is 0.500. The van der Waals surface area contributed by atoms with Gasteiger partial charge in [0.05, 0.1) is 6.04 Å². The van der Waals surface area contributed by atoms with E-state index in [0.717, 1.165) is 18.5 Å². The molecule has 1 saturated heterocycles. The third-order valence-electron chi connectivity index (χ3n) is 3.62. The number of hydrogen-bond donors (Lipinski definition) is 2. The van der Waals surface area contributed by atoms with Crippen molar-refractivity contribution in [2.24, 2.45) is 5.73 Å². The molecule has 2 amide bonds. The van der Waals surface area contributed by atoms with Crippen molar-refractivity contribution in [2.75, 3.05) is 13.1 Å². The lowest BCUT2D eigenvalue weighted by Gasteiger charge is -2.25. The van der Waals surface area contributed by atoms with E-state index in [9.17, 15) is 9.59 Å². The van der Waals surface area contributed by atoms with E-state index in [0.29, 0.717) is 13.0 Å². The normalized spacial score (nSPS) is 16.8. The van der Waals surface area contributed by atoms with E-state index < -0.39 is 0 Å². The Morgan fingerprint density at radius 3 is 2.59 bits per heavy atom. The minimum atomic E-state index is -0.181. The molecule has 1 aliphatic rings. The first-order valence-electron chi connectivity index (χ1n) is 7.44. The van der Waals surface area contributed by atoms with Gasteiger partial charge in [-0.2, -0.15) is 0 Å². The van der Waals surface area contributed by atoms with E-state index >= 15 is 0 Å². The molecule has 6 heteroatoms. The Hall–Kier alpha value is -1.59. The van der Waals surface area contributed by atoms with Crippen molar-refractivity contribution in [3.8, 4) is 0 Å². The molecule has 1 aliphatic heterocycles. The third kappa shape index (κ3) is 5.31. The van der Waals surface area contributed by atoms with Crippen LogP contribution in [-0.2, 0) is 9.59 Å². The predicted octanol–water partition coefficient (Wildman–Crippen LogP) is 1.63. The van der Waals surface area contributed by atoms with Gasteiger partial charge in [-0.15, -0.1) is 12.4 Å². The Morgan fingerprint density at radius 2 is 2.05 bits per heavy atom. The molecule has 1 heterocycles. The number of nitrogens with zero attached hydrogens (tertiary/aromatic N) is 1. The zero-order valence-electron chi connectivity index (χ0n) is 12.8. The number of benzene rings is 1. The standard InChI is InChI=1S/C16H23N3O2.ClH/c1-12(17)10-15(20)18-14(13-6-3-2-4-7-13)11-19-9-5-8-16(19)21;/h2-4,6-7,12,14H,5,8-11,17H2,1H3,(H,18,20);1H. The molecule has 1 fully saturated rings. The summed E-state index contributed by atoms with van der Waals surface area (Å²) in [5.74, 6) is 0.0860. The van der Waals surface area contributed by atoms with Crippen LogP contribution in [0, 0.1) is 0 Å². The number of nitrogens with two attached hydrogens (primary N) is 1. The molecule has 0 radical (unpaired) electrons. The van der Waals surface area contributed by atoms with Gasteiger partial charge in [-0.1, -0.05) is 30.3 Å². The monoisotopic (exact) mass is 325 g/mol. The largest absolute Gasteiger partial charge is 0.347 e. The number of halogens is 1. The van der Waals surface area contributed by atoms with Crippen LogP contribution in [0.3, 0.4) is 0 Å². The molecule has 0 aromatic heterocycles. The second-order valence-corrected chi connectivity index (χ2v) is 5.66. The summed E-state index contributed by atoms with van der Waals surface area (Å²) >= 11 is 0. The van der Waals surface area contributed by atoms with Gasteiger partial charge in [-0.25, -0.2) is 0 Å². The Labute approximate surface area is 137 Å². The molecule has 3 N–H and O–H groups in total. The lowest BCUT2D eigenvalue weighted by molar-refractivity contribution is -0.129. The topological polar surface area (TPSA) is 75.4 Å². The molecule has 0 bridgehead atoms. The number of amides is 2. The molecule has 0 aliphatic carbocycles. The maximum atomic E-state index is 12.0. The summed E-state index contributed by atoms with van der Waals surface area (Å²) in [5.41, 5.74) is 6.68. The van der Waals surface area contributed by atoms with Crippen LogP contribution in [0.2, 0.25) is 0 Å². The molecule has 2 atom stereocenters. The minimum absolute atomic E-state index is 0. The quantitative estimate of drug-likeness (QED) is 0.834. The predicted molar refractivity (Wildman–Crippen MR) is 88.7 cm³/mol. The van der Waals surface area contributed by atoms with Crippen molar-refractivity contribution in [3.05, 3.63) is 35.9 Å². The number of hydrogen-bond acceptors (Lipinski definition) is 3. The van der Waals surface area contributed by atoms with Crippen molar-refractivity contribution in [3.63, 3.8) is 0 Å². The zero-order chi connectivity index (χ0) is 15.2. The molecular formula is C16H24ClN3O2. The number of rotatable bonds is 6. The van der Waals surface area contributed by atoms with E-state index in [1.165, 1.54) is 0 Å². The van der Waals surface area contributed by atoms with Gasteiger partial charge in [0.15, 0.2) is 0 Å². The van der Waals surface area contributed by atoms with Crippen molar-refractivity contribution in [1.82, 2.24) is 10.2 Å². The van der Waals surface area contributed by atoms with Gasteiger partial charge in [-0.3, -0.25) is 9.59 Å².